The van der Waals surface area contributed by atoms with Gasteiger partial charge in [-0.25, -0.2) is 13.4 Å². The second kappa shape index (κ2) is 6.76. The number of carbonyl (C=O) groups excluding carboxylic acids is 1. The van der Waals surface area contributed by atoms with Crippen LogP contribution in [0.15, 0.2) is 24.3 Å². The molecule has 1 aliphatic heterocycles. The maximum absolute atomic E-state index is 12.8. The van der Waals surface area contributed by atoms with Crippen molar-refractivity contribution >= 4 is 27.1 Å². The molecule has 3 rings (SSSR count). The molecule has 0 aliphatic carbocycles. The van der Waals surface area contributed by atoms with Crippen LogP contribution in [0.4, 0.5) is 0 Å². The Kier molecular flexibility index (Phi) is 4.83. The lowest BCUT2D eigenvalue weighted by Crippen LogP contribution is -2.37. The number of amides is 1. The molecule has 1 atom stereocenters. The lowest BCUT2D eigenvalue weighted by atomic mass is 10.2. The Morgan fingerprint density at radius 2 is 2.00 bits per heavy atom. The quantitative estimate of drug-likeness (QED) is 0.814. The molecular formula is C17H20N2O4S2. The molecule has 1 aliphatic rings. The fraction of sp³-hybridized carbons (Fsp3) is 0.412. The standard InChI is InChI=1S/C17H20N2O4S2/c1-11-15(17(20)19(2)13-8-9-25(21,22)10-13)24-16(18-11)12-4-6-14(23-3)7-5-12/h4-7,13H,8-10H2,1-3H3. The molecule has 1 unspecified atom stereocenters. The van der Waals surface area contributed by atoms with Crippen molar-refractivity contribution < 1.29 is 17.9 Å². The maximum atomic E-state index is 12.8. The Bertz CT molecular complexity index is 888. The van der Waals surface area contributed by atoms with Gasteiger partial charge in [-0.15, -0.1) is 11.3 Å². The highest BCUT2D eigenvalue weighted by Gasteiger charge is 2.34. The summed E-state index contributed by atoms with van der Waals surface area (Å²) in [7, 11) is 0.248. The summed E-state index contributed by atoms with van der Waals surface area (Å²) in [5.41, 5.74) is 1.58. The van der Waals surface area contributed by atoms with Crippen LogP contribution in [0.5, 0.6) is 5.75 Å². The predicted octanol–water partition coefficient (Wildman–Crippen LogP) is 2.39. The molecule has 1 aromatic carbocycles. The van der Waals surface area contributed by atoms with Crippen LogP contribution >= 0.6 is 11.3 Å². The van der Waals surface area contributed by atoms with Crippen molar-refractivity contribution in [2.45, 2.75) is 19.4 Å². The van der Waals surface area contributed by atoms with Gasteiger partial charge in [0.05, 0.1) is 24.3 Å². The van der Waals surface area contributed by atoms with E-state index in [-0.39, 0.29) is 23.5 Å². The van der Waals surface area contributed by atoms with Gasteiger partial charge in [0.25, 0.3) is 5.91 Å². The van der Waals surface area contributed by atoms with Gasteiger partial charge in [0, 0.05) is 18.7 Å². The summed E-state index contributed by atoms with van der Waals surface area (Å²) in [5, 5.41) is 0.760. The zero-order valence-electron chi connectivity index (χ0n) is 14.4. The first-order valence-electron chi connectivity index (χ1n) is 7.90. The molecule has 1 aromatic heterocycles. The molecule has 134 valence electrons. The van der Waals surface area contributed by atoms with Gasteiger partial charge in [-0.05, 0) is 37.6 Å². The summed E-state index contributed by atoms with van der Waals surface area (Å²) in [5.74, 6) is 0.777. The highest BCUT2D eigenvalue weighted by Crippen LogP contribution is 2.30. The van der Waals surface area contributed by atoms with Crippen LogP contribution in [-0.2, 0) is 9.84 Å². The zero-order chi connectivity index (χ0) is 18.2. The van der Waals surface area contributed by atoms with Crippen molar-refractivity contribution in [2.24, 2.45) is 0 Å². The molecule has 6 nitrogen and oxygen atoms in total. The number of ether oxygens (including phenoxy) is 1. The van der Waals surface area contributed by atoms with E-state index in [2.05, 4.69) is 4.98 Å². The minimum atomic E-state index is -3.03. The topological polar surface area (TPSA) is 76.6 Å². The highest BCUT2D eigenvalue weighted by atomic mass is 32.2. The average Bonchev–Trinajstić information content (AvgIpc) is 3.16. The van der Waals surface area contributed by atoms with Crippen molar-refractivity contribution in [3.05, 3.63) is 34.8 Å². The molecule has 0 radical (unpaired) electrons. The summed E-state index contributed by atoms with van der Waals surface area (Å²) in [6, 6.07) is 7.24. The normalized spacial score (nSPS) is 18.9. The molecule has 2 aromatic rings. The minimum Gasteiger partial charge on any atom is -0.497 e. The van der Waals surface area contributed by atoms with Crippen LogP contribution in [0.2, 0.25) is 0 Å². The zero-order valence-corrected chi connectivity index (χ0v) is 16.0. The Balaban J connectivity index is 1.82. The molecule has 1 amide bonds. The van der Waals surface area contributed by atoms with Crippen LogP contribution in [0, 0.1) is 6.92 Å². The summed E-state index contributed by atoms with van der Waals surface area (Å²) >= 11 is 1.33. The number of sulfone groups is 1. The third-order valence-corrected chi connectivity index (χ3v) is 7.35. The number of aryl methyl sites for hydroxylation is 1. The number of carbonyl (C=O) groups is 1. The van der Waals surface area contributed by atoms with Crippen molar-refractivity contribution in [1.29, 1.82) is 0 Å². The van der Waals surface area contributed by atoms with Crippen LogP contribution in [0.3, 0.4) is 0 Å². The van der Waals surface area contributed by atoms with E-state index in [4.69, 9.17) is 4.74 Å². The summed E-state index contributed by atoms with van der Waals surface area (Å²) < 4.78 is 28.5. The number of benzene rings is 1. The summed E-state index contributed by atoms with van der Waals surface area (Å²) in [4.78, 5) is 19.4. The number of hydrogen-bond donors (Lipinski definition) is 0. The summed E-state index contributed by atoms with van der Waals surface area (Å²) in [6.07, 6.45) is 0.494. The molecule has 0 N–H and O–H groups in total. The molecule has 0 spiro atoms. The fourth-order valence-corrected chi connectivity index (χ4v) is 5.69. The van der Waals surface area contributed by atoms with E-state index < -0.39 is 9.84 Å². The van der Waals surface area contributed by atoms with Gasteiger partial charge in [0.1, 0.15) is 15.6 Å². The van der Waals surface area contributed by atoms with Gasteiger partial charge in [0.15, 0.2) is 9.84 Å². The van der Waals surface area contributed by atoms with Gasteiger partial charge in [-0.1, -0.05) is 0 Å². The fourth-order valence-electron chi connectivity index (χ4n) is 2.86. The average molecular weight is 380 g/mol. The predicted molar refractivity (Wildman–Crippen MR) is 98.0 cm³/mol. The number of nitrogens with zero attached hydrogens (tertiary/aromatic N) is 2. The number of thiazole rings is 1. The molecule has 2 heterocycles. The van der Waals surface area contributed by atoms with E-state index >= 15 is 0 Å². The Labute approximate surface area is 151 Å². The largest absolute Gasteiger partial charge is 0.497 e. The van der Waals surface area contributed by atoms with Crippen molar-refractivity contribution in [1.82, 2.24) is 9.88 Å². The summed E-state index contributed by atoms with van der Waals surface area (Å²) in [6.45, 7) is 1.80. The Morgan fingerprint density at radius 1 is 1.32 bits per heavy atom. The van der Waals surface area contributed by atoms with Gasteiger partial charge in [-0.2, -0.15) is 0 Å². The highest BCUT2D eigenvalue weighted by molar-refractivity contribution is 7.91. The third kappa shape index (κ3) is 3.69. The third-order valence-electron chi connectivity index (χ3n) is 4.40. The van der Waals surface area contributed by atoms with E-state index in [9.17, 15) is 13.2 Å². The maximum Gasteiger partial charge on any atom is 0.265 e. The minimum absolute atomic E-state index is 0.0401. The van der Waals surface area contributed by atoms with Gasteiger partial charge >= 0.3 is 0 Å². The van der Waals surface area contributed by atoms with E-state index in [0.29, 0.717) is 17.0 Å². The Morgan fingerprint density at radius 3 is 2.56 bits per heavy atom. The molecule has 8 heteroatoms. The van der Waals surface area contributed by atoms with Crippen LogP contribution in [0.25, 0.3) is 10.6 Å². The molecule has 0 saturated carbocycles. The van der Waals surface area contributed by atoms with E-state index in [1.54, 1.807) is 26.0 Å². The first-order valence-corrected chi connectivity index (χ1v) is 10.5. The van der Waals surface area contributed by atoms with Gasteiger partial charge in [-0.3, -0.25) is 4.79 Å². The van der Waals surface area contributed by atoms with E-state index in [1.807, 2.05) is 24.3 Å². The number of aromatic nitrogens is 1. The first-order chi connectivity index (χ1) is 11.8. The second-order valence-electron chi connectivity index (χ2n) is 6.13. The van der Waals surface area contributed by atoms with Crippen LogP contribution in [0.1, 0.15) is 21.8 Å². The van der Waals surface area contributed by atoms with Crippen LogP contribution in [-0.4, -0.2) is 55.9 Å². The second-order valence-corrected chi connectivity index (χ2v) is 9.36. The van der Waals surface area contributed by atoms with Gasteiger partial charge in [0.2, 0.25) is 0 Å². The molecule has 0 bridgehead atoms. The molecule has 1 fully saturated rings. The van der Waals surface area contributed by atoms with Crippen LogP contribution < -0.4 is 4.74 Å². The molecular weight excluding hydrogens is 360 g/mol. The number of hydrogen-bond acceptors (Lipinski definition) is 6. The van der Waals surface area contributed by atoms with Crippen molar-refractivity contribution in [3.8, 4) is 16.3 Å². The monoisotopic (exact) mass is 380 g/mol. The first kappa shape index (κ1) is 17.9. The van der Waals surface area contributed by atoms with Gasteiger partial charge < -0.3 is 9.64 Å². The Hall–Kier alpha value is -1.93. The SMILES string of the molecule is COc1ccc(-c2nc(C)c(C(=O)N(C)C3CCS(=O)(=O)C3)s2)cc1. The number of rotatable bonds is 4. The lowest BCUT2D eigenvalue weighted by molar-refractivity contribution is 0.0751. The molecule has 25 heavy (non-hydrogen) atoms. The smallest absolute Gasteiger partial charge is 0.265 e. The number of methoxy groups -OCH3 is 1. The van der Waals surface area contributed by atoms with Crippen molar-refractivity contribution in [2.75, 3.05) is 25.7 Å². The molecule has 1 saturated heterocycles. The van der Waals surface area contributed by atoms with E-state index in [1.165, 1.54) is 11.3 Å². The van der Waals surface area contributed by atoms with E-state index in [0.717, 1.165) is 16.3 Å². The lowest BCUT2D eigenvalue weighted by Gasteiger charge is -2.22. The van der Waals surface area contributed by atoms with Crippen molar-refractivity contribution in [3.63, 3.8) is 0 Å².